The van der Waals surface area contributed by atoms with E-state index in [1.54, 1.807) is 0 Å². The van der Waals surface area contributed by atoms with Crippen LogP contribution in [-0.2, 0) is 9.53 Å². The van der Waals surface area contributed by atoms with Crippen LogP contribution in [0.1, 0.15) is 48.0 Å². The summed E-state index contributed by atoms with van der Waals surface area (Å²) in [5.74, 6) is 1.30. The van der Waals surface area contributed by atoms with E-state index in [4.69, 9.17) is 4.74 Å². The summed E-state index contributed by atoms with van der Waals surface area (Å²) in [7, 11) is 0. The Morgan fingerprint density at radius 2 is 1.70 bits per heavy atom. The second kappa shape index (κ2) is 6.88. The zero-order chi connectivity index (χ0) is 17.3. The number of rotatable bonds is 5. The van der Waals surface area contributed by atoms with Crippen molar-refractivity contribution in [1.29, 1.82) is 0 Å². The van der Waals surface area contributed by atoms with Crippen molar-refractivity contribution in [2.75, 3.05) is 5.75 Å². The van der Waals surface area contributed by atoms with Gasteiger partial charge in [-0.15, -0.1) is 11.8 Å². The number of esters is 1. The highest BCUT2D eigenvalue weighted by molar-refractivity contribution is 7.99. The van der Waals surface area contributed by atoms with Gasteiger partial charge in [-0.1, -0.05) is 59.7 Å². The molecular weight excluding hydrogens is 304 g/mol. The van der Waals surface area contributed by atoms with Gasteiger partial charge < -0.3 is 4.74 Å². The number of benzene rings is 1. The molecule has 0 bridgehead atoms. The maximum absolute atomic E-state index is 12.4. The van der Waals surface area contributed by atoms with E-state index in [2.05, 4.69) is 65.8 Å². The molecule has 1 aliphatic rings. The van der Waals surface area contributed by atoms with Crippen LogP contribution in [0.5, 0.6) is 0 Å². The Morgan fingerprint density at radius 1 is 1.09 bits per heavy atom. The fourth-order valence-electron chi connectivity index (χ4n) is 3.43. The van der Waals surface area contributed by atoms with Crippen molar-refractivity contribution < 1.29 is 9.53 Å². The Labute approximate surface area is 145 Å². The Balaban J connectivity index is 1.98. The molecule has 0 radical (unpaired) electrons. The van der Waals surface area contributed by atoms with Crippen molar-refractivity contribution in [3.05, 3.63) is 30.3 Å². The van der Waals surface area contributed by atoms with Gasteiger partial charge in [0.1, 0.15) is 6.10 Å². The van der Waals surface area contributed by atoms with Gasteiger partial charge in [0.05, 0.1) is 5.92 Å². The van der Waals surface area contributed by atoms with Crippen molar-refractivity contribution in [3.63, 3.8) is 0 Å². The lowest BCUT2D eigenvalue weighted by atomic mass is 9.74. The van der Waals surface area contributed by atoms with Crippen LogP contribution in [0.2, 0.25) is 0 Å². The zero-order valence-corrected chi connectivity index (χ0v) is 16.1. The maximum Gasteiger partial charge on any atom is 0.309 e. The summed E-state index contributed by atoms with van der Waals surface area (Å²) in [6.07, 6.45) is 0.914. The largest absolute Gasteiger partial charge is 0.461 e. The molecular formula is C20H30O2S. The summed E-state index contributed by atoms with van der Waals surface area (Å²) in [4.78, 5) is 13.7. The van der Waals surface area contributed by atoms with Crippen LogP contribution in [0, 0.1) is 22.7 Å². The van der Waals surface area contributed by atoms with E-state index in [1.807, 2.05) is 17.8 Å². The van der Waals surface area contributed by atoms with Crippen LogP contribution in [-0.4, -0.2) is 17.8 Å². The van der Waals surface area contributed by atoms with E-state index in [1.165, 1.54) is 4.90 Å². The second-order valence-corrected chi connectivity index (χ2v) is 9.71. The number of hydrogen-bond donors (Lipinski definition) is 0. The number of hydrogen-bond acceptors (Lipinski definition) is 3. The van der Waals surface area contributed by atoms with E-state index in [-0.39, 0.29) is 34.7 Å². The third-order valence-electron chi connectivity index (χ3n) is 4.66. The molecule has 23 heavy (non-hydrogen) atoms. The molecule has 2 nitrogen and oxygen atoms in total. The summed E-state index contributed by atoms with van der Waals surface area (Å²) in [5.41, 5.74) is 0.109. The fourth-order valence-corrected chi connectivity index (χ4v) is 4.45. The Hall–Kier alpha value is -0.960. The molecule has 0 aromatic heterocycles. The zero-order valence-electron chi connectivity index (χ0n) is 15.3. The highest BCUT2D eigenvalue weighted by Gasteiger charge is 2.48. The van der Waals surface area contributed by atoms with Crippen LogP contribution in [0.4, 0.5) is 0 Å². The number of carbonyl (C=O) groups excluding carboxylic acids is 1. The van der Waals surface area contributed by atoms with E-state index < -0.39 is 0 Å². The van der Waals surface area contributed by atoms with Gasteiger partial charge >= 0.3 is 5.97 Å². The minimum Gasteiger partial charge on any atom is -0.461 e. The summed E-state index contributed by atoms with van der Waals surface area (Å²) < 4.78 is 5.71. The smallest absolute Gasteiger partial charge is 0.309 e. The lowest BCUT2D eigenvalue weighted by Gasteiger charge is -2.31. The van der Waals surface area contributed by atoms with Crippen molar-refractivity contribution in [1.82, 2.24) is 0 Å². The molecule has 0 spiro atoms. The predicted octanol–water partition coefficient (Wildman–Crippen LogP) is 5.42. The second-order valence-electron chi connectivity index (χ2n) is 8.66. The average Bonchev–Trinajstić information content (AvgIpc) is 2.74. The van der Waals surface area contributed by atoms with E-state index in [9.17, 15) is 4.79 Å². The van der Waals surface area contributed by atoms with Crippen LogP contribution < -0.4 is 0 Å². The molecule has 3 atom stereocenters. The summed E-state index contributed by atoms with van der Waals surface area (Å²) in [6.45, 7) is 13.1. The summed E-state index contributed by atoms with van der Waals surface area (Å²) >= 11 is 1.87. The first kappa shape index (κ1) is 18.4. The van der Waals surface area contributed by atoms with E-state index in [0.29, 0.717) is 0 Å². The van der Waals surface area contributed by atoms with Crippen molar-refractivity contribution in [2.24, 2.45) is 22.7 Å². The van der Waals surface area contributed by atoms with Gasteiger partial charge in [0, 0.05) is 16.6 Å². The minimum atomic E-state index is -0.00443. The lowest BCUT2D eigenvalue weighted by molar-refractivity contribution is -0.148. The third kappa shape index (κ3) is 4.76. The van der Waals surface area contributed by atoms with Gasteiger partial charge in [-0.05, 0) is 29.4 Å². The molecule has 0 N–H and O–H groups in total. The van der Waals surface area contributed by atoms with Gasteiger partial charge in [-0.2, -0.15) is 0 Å². The first-order chi connectivity index (χ1) is 10.6. The average molecular weight is 335 g/mol. The highest BCUT2D eigenvalue weighted by atomic mass is 32.2. The molecule has 3 heteroatoms. The van der Waals surface area contributed by atoms with Gasteiger partial charge in [-0.3, -0.25) is 4.79 Å². The molecule has 0 saturated carbocycles. The molecule has 0 amide bonds. The maximum atomic E-state index is 12.4. The van der Waals surface area contributed by atoms with Crippen LogP contribution in [0.25, 0.3) is 0 Å². The number of ether oxygens (including phenoxy) is 1. The summed E-state index contributed by atoms with van der Waals surface area (Å²) in [6, 6.07) is 10.5. The van der Waals surface area contributed by atoms with Crippen molar-refractivity contribution in [3.8, 4) is 0 Å². The summed E-state index contributed by atoms with van der Waals surface area (Å²) in [5, 5.41) is 0. The van der Waals surface area contributed by atoms with Gasteiger partial charge in [0.2, 0.25) is 0 Å². The quantitative estimate of drug-likeness (QED) is 0.531. The molecule has 1 saturated heterocycles. The predicted molar refractivity (Wildman–Crippen MR) is 97.6 cm³/mol. The Kier molecular flexibility index (Phi) is 5.50. The fraction of sp³-hybridized carbons (Fsp3) is 0.650. The highest BCUT2D eigenvalue weighted by Crippen LogP contribution is 2.44. The topological polar surface area (TPSA) is 26.3 Å². The molecule has 0 aliphatic carbocycles. The molecule has 1 aromatic rings. The van der Waals surface area contributed by atoms with Gasteiger partial charge in [-0.25, -0.2) is 0 Å². The van der Waals surface area contributed by atoms with Crippen LogP contribution >= 0.6 is 11.8 Å². The van der Waals surface area contributed by atoms with E-state index >= 15 is 0 Å². The third-order valence-corrected chi connectivity index (χ3v) is 6.19. The number of carbonyl (C=O) groups is 1. The first-order valence-electron chi connectivity index (χ1n) is 8.48. The molecule has 1 heterocycles. The van der Waals surface area contributed by atoms with Gasteiger partial charge in [0.15, 0.2) is 0 Å². The SMILES string of the molecule is C[C@H]1[C@H](CC(C)(C)CSc2ccccc2)C(=O)O[C@@H]1C(C)(C)C. The molecule has 1 aromatic carbocycles. The molecule has 2 rings (SSSR count). The van der Waals surface area contributed by atoms with E-state index in [0.717, 1.165) is 12.2 Å². The molecule has 1 fully saturated rings. The number of thioether (sulfide) groups is 1. The molecule has 0 unspecified atom stereocenters. The molecule has 1 aliphatic heterocycles. The minimum absolute atomic E-state index is 0.00443. The first-order valence-corrected chi connectivity index (χ1v) is 9.47. The Morgan fingerprint density at radius 3 is 2.22 bits per heavy atom. The standard InChI is InChI=1S/C20H30O2S/c1-14-16(18(21)22-17(14)19(2,3)4)12-20(5,6)13-23-15-10-8-7-9-11-15/h7-11,14,16-17H,12-13H2,1-6H3/t14-,16-,17-/m0/s1. The van der Waals surface area contributed by atoms with Crippen molar-refractivity contribution in [2.45, 2.75) is 59.0 Å². The normalized spacial score (nSPS) is 25.5. The number of cyclic esters (lactones) is 1. The van der Waals surface area contributed by atoms with Crippen molar-refractivity contribution >= 4 is 17.7 Å². The van der Waals surface area contributed by atoms with Crippen LogP contribution in [0.3, 0.4) is 0 Å². The molecule has 128 valence electrons. The lowest BCUT2D eigenvalue weighted by Crippen LogP contribution is -2.32. The Bertz CT molecular complexity index is 530. The van der Waals surface area contributed by atoms with Gasteiger partial charge in [0.25, 0.3) is 0 Å². The van der Waals surface area contributed by atoms with Crippen LogP contribution in [0.15, 0.2) is 35.2 Å². The monoisotopic (exact) mass is 334 g/mol.